The van der Waals surface area contributed by atoms with Gasteiger partial charge in [0.1, 0.15) is 12.4 Å². The van der Waals surface area contributed by atoms with Crippen LogP contribution in [0.5, 0.6) is 0 Å². The number of hydrogen-bond donors (Lipinski definition) is 1. The maximum Gasteiger partial charge on any atom is 0.323 e. The number of carboxylic acid groups (broad SMARTS) is 1. The summed E-state index contributed by atoms with van der Waals surface area (Å²) in [6, 6.07) is 2.49. The molecule has 0 saturated carbocycles. The van der Waals surface area contributed by atoms with Crippen LogP contribution in [-0.4, -0.2) is 53.6 Å². The van der Waals surface area contributed by atoms with E-state index in [2.05, 4.69) is 0 Å². The lowest BCUT2D eigenvalue weighted by Crippen LogP contribution is -2.38. The van der Waals surface area contributed by atoms with Crippen LogP contribution in [0.1, 0.15) is 10.4 Å². The third-order valence-corrected chi connectivity index (χ3v) is 2.57. The first-order chi connectivity index (χ1) is 9.86. The minimum atomic E-state index is -1.29. The van der Waals surface area contributed by atoms with Crippen molar-refractivity contribution >= 4 is 17.6 Å². The average Bonchev–Trinajstić information content (AvgIpc) is 2.42. The van der Waals surface area contributed by atoms with Gasteiger partial charge in [0.05, 0.1) is 17.1 Å². The Morgan fingerprint density at radius 1 is 1.48 bits per heavy atom. The highest BCUT2D eigenvalue weighted by atomic mass is 19.1. The molecule has 0 radical (unpaired) electrons. The summed E-state index contributed by atoms with van der Waals surface area (Å²) in [7, 11) is 1.36. The molecule has 1 N–H and O–H groups in total. The molecule has 0 heterocycles. The second-order valence-electron chi connectivity index (χ2n) is 4.03. The SMILES string of the molecule is COCCN(CC(=O)O)C(=O)c1cc([N+](=O)[O-])ccc1F. The second-order valence-corrected chi connectivity index (χ2v) is 4.03. The minimum absolute atomic E-state index is 0.0512. The molecule has 0 aliphatic heterocycles. The molecule has 1 aromatic carbocycles. The van der Waals surface area contributed by atoms with Crippen LogP contribution in [0.2, 0.25) is 0 Å². The zero-order valence-corrected chi connectivity index (χ0v) is 11.1. The molecule has 9 heteroatoms. The number of halogens is 1. The number of nitrogens with zero attached hydrogens (tertiary/aromatic N) is 2. The van der Waals surface area contributed by atoms with Gasteiger partial charge < -0.3 is 14.7 Å². The number of benzene rings is 1. The van der Waals surface area contributed by atoms with Crippen LogP contribution in [-0.2, 0) is 9.53 Å². The number of nitro groups is 1. The van der Waals surface area contributed by atoms with Gasteiger partial charge >= 0.3 is 5.97 Å². The van der Waals surface area contributed by atoms with Crippen LogP contribution < -0.4 is 0 Å². The third-order valence-electron chi connectivity index (χ3n) is 2.57. The van der Waals surface area contributed by atoms with Gasteiger partial charge in [-0.1, -0.05) is 0 Å². The van der Waals surface area contributed by atoms with Crippen molar-refractivity contribution in [3.8, 4) is 0 Å². The molecule has 0 spiro atoms. The number of carboxylic acids is 1. The van der Waals surface area contributed by atoms with E-state index in [0.29, 0.717) is 0 Å². The van der Waals surface area contributed by atoms with Gasteiger partial charge in [0.25, 0.3) is 11.6 Å². The van der Waals surface area contributed by atoms with Gasteiger partial charge in [-0.15, -0.1) is 0 Å². The van der Waals surface area contributed by atoms with E-state index < -0.39 is 40.4 Å². The highest BCUT2D eigenvalue weighted by molar-refractivity contribution is 5.96. The Bertz CT molecular complexity index is 563. The van der Waals surface area contributed by atoms with Crippen LogP contribution in [0.25, 0.3) is 0 Å². The lowest BCUT2D eigenvalue weighted by molar-refractivity contribution is -0.384. The Balaban J connectivity index is 3.09. The van der Waals surface area contributed by atoms with Gasteiger partial charge in [0, 0.05) is 25.8 Å². The maximum atomic E-state index is 13.7. The Morgan fingerprint density at radius 2 is 2.14 bits per heavy atom. The first kappa shape index (κ1) is 16.5. The van der Waals surface area contributed by atoms with Gasteiger partial charge in [-0.3, -0.25) is 19.7 Å². The Kier molecular flexibility index (Phi) is 5.73. The van der Waals surface area contributed by atoms with Gasteiger partial charge in [-0.05, 0) is 6.07 Å². The molecular weight excluding hydrogens is 287 g/mol. The summed E-state index contributed by atoms with van der Waals surface area (Å²) in [5.41, 5.74) is -1.01. The van der Waals surface area contributed by atoms with Crippen molar-refractivity contribution in [2.24, 2.45) is 0 Å². The molecule has 0 fully saturated rings. The number of carbonyl (C=O) groups is 2. The Hall–Kier alpha value is -2.55. The zero-order chi connectivity index (χ0) is 16.0. The van der Waals surface area contributed by atoms with E-state index in [-0.39, 0.29) is 13.2 Å². The summed E-state index contributed by atoms with van der Waals surface area (Å²) < 4.78 is 18.4. The standard InChI is InChI=1S/C12H13FN2O6/c1-21-5-4-14(7-11(16)17)12(18)9-6-8(15(19)20)2-3-10(9)13/h2-3,6H,4-5,7H2,1H3,(H,16,17). The highest BCUT2D eigenvalue weighted by Gasteiger charge is 2.23. The molecule has 0 unspecified atom stereocenters. The molecule has 0 aliphatic rings. The molecule has 8 nitrogen and oxygen atoms in total. The van der Waals surface area contributed by atoms with Crippen molar-refractivity contribution in [2.75, 3.05) is 26.8 Å². The molecule has 0 saturated heterocycles. The summed E-state index contributed by atoms with van der Waals surface area (Å²) in [5.74, 6) is -3.20. The number of carbonyl (C=O) groups excluding carboxylic acids is 1. The number of aliphatic carboxylic acids is 1. The van der Waals surface area contributed by atoms with Crippen LogP contribution in [0.4, 0.5) is 10.1 Å². The largest absolute Gasteiger partial charge is 0.480 e. The molecule has 114 valence electrons. The van der Waals surface area contributed by atoms with Gasteiger partial charge in [-0.25, -0.2) is 4.39 Å². The molecule has 21 heavy (non-hydrogen) atoms. The van der Waals surface area contributed by atoms with Crippen molar-refractivity contribution in [1.29, 1.82) is 0 Å². The summed E-state index contributed by atoms with van der Waals surface area (Å²) in [4.78, 5) is 33.6. The van der Waals surface area contributed by atoms with E-state index in [1.807, 2.05) is 0 Å². The maximum absolute atomic E-state index is 13.7. The van der Waals surface area contributed by atoms with Gasteiger partial charge in [-0.2, -0.15) is 0 Å². The van der Waals surface area contributed by atoms with Crippen molar-refractivity contribution in [3.63, 3.8) is 0 Å². The third kappa shape index (κ3) is 4.49. The van der Waals surface area contributed by atoms with Crippen molar-refractivity contribution in [1.82, 2.24) is 4.90 Å². The molecular formula is C12H13FN2O6. The molecule has 1 rings (SSSR count). The fraction of sp³-hybridized carbons (Fsp3) is 0.333. The number of ether oxygens (including phenoxy) is 1. The summed E-state index contributed by atoms with van der Waals surface area (Å²) in [6.07, 6.45) is 0. The normalized spacial score (nSPS) is 10.2. The zero-order valence-electron chi connectivity index (χ0n) is 11.1. The van der Waals surface area contributed by atoms with Crippen LogP contribution in [0, 0.1) is 15.9 Å². The molecule has 0 atom stereocenters. The Morgan fingerprint density at radius 3 is 2.67 bits per heavy atom. The molecule has 0 aromatic heterocycles. The predicted octanol–water partition coefficient (Wildman–Crippen LogP) is 0.907. The molecule has 1 aromatic rings. The van der Waals surface area contributed by atoms with Crippen molar-refractivity contribution in [3.05, 3.63) is 39.7 Å². The number of nitro benzene ring substituents is 1. The lowest BCUT2D eigenvalue weighted by Gasteiger charge is -2.20. The monoisotopic (exact) mass is 300 g/mol. The summed E-state index contributed by atoms with van der Waals surface area (Å²) in [6.45, 7) is -0.691. The quantitative estimate of drug-likeness (QED) is 0.592. The van der Waals surface area contributed by atoms with Crippen LogP contribution >= 0.6 is 0 Å². The second kappa shape index (κ2) is 7.29. The fourth-order valence-electron chi connectivity index (χ4n) is 1.58. The Labute approximate surface area is 118 Å². The lowest BCUT2D eigenvalue weighted by atomic mass is 10.1. The number of hydrogen-bond acceptors (Lipinski definition) is 5. The highest BCUT2D eigenvalue weighted by Crippen LogP contribution is 2.18. The molecule has 0 aliphatic carbocycles. The first-order valence-electron chi connectivity index (χ1n) is 5.80. The summed E-state index contributed by atoms with van der Waals surface area (Å²) in [5, 5.41) is 19.4. The predicted molar refractivity (Wildman–Crippen MR) is 68.5 cm³/mol. The minimum Gasteiger partial charge on any atom is -0.480 e. The van der Waals surface area contributed by atoms with Gasteiger partial charge in [0.15, 0.2) is 0 Å². The van der Waals surface area contributed by atoms with Gasteiger partial charge in [0.2, 0.25) is 0 Å². The molecule has 0 bridgehead atoms. The number of methoxy groups -OCH3 is 1. The smallest absolute Gasteiger partial charge is 0.323 e. The van der Waals surface area contributed by atoms with E-state index in [4.69, 9.17) is 9.84 Å². The average molecular weight is 300 g/mol. The van der Waals surface area contributed by atoms with E-state index in [9.17, 15) is 24.1 Å². The molecule has 1 amide bonds. The topological polar surface area (TPSA) is 110 Å². The van der Waals surface area contributed by atoms with Crippen LogP contribution in [0.15, 0.2) is 18.2 Å². The number of rotatable bonds is 7. The fourth-order valence-corrected chi connectivity index (χ4v) is 1.58. The first-order valence-corrected chi connectivity index (χ1v) is 5.80. The van der Waals surface area contributed by atoms with E-state index >= 15 is 0 Å². The van der Waals surface area contributed by atoms with E-state index in [0.717, 1.165) is 23.1 Å². The van der Waals surface area contributed by atoms with Crippen molar-refractivity contribution in [2.45, 2.75) is 0 Å². The van der Waals surface area contributed by atoms with E-state index in [1.54, 1.807) is 0 Å². The van der Waals surface area contributed by atoms with Crippen molar-refractivity contribution < 1.29 is 28.7 Å². The van der Waals surface area contributed by atoms with E-state index in [1.165, 1.54) is 7.11 Å². The number of amides is 1. The van der Waals surface area contributed by atoms with Crippen LogP contribution in [0.3, 0.4) is 0 Å². The number of non-ortho nitro benzene ring substituents is 1. The summed E-state index contributed by atoms with van der Waals surface area (Å²) >= 11 is 0.